The van der Waals surface area contributed by atoms with Crippen LogP contribution in [-0.4, -0.2) is 63.7 Å². The van der Waals surface area contributed by atoms with E-state index in [1.807, 2.05) is 14.1 Å². The highest BCUT2D eigenvalue weighted by Gasteiger charge is 2.42. The van der Waals surface area contributed by atoms with Gasteiger partial charge in [0.15, 0.2) is 5.96 Å². The van der Waals surface area contributed by atoms with Crippen LogP contribution in [0.3, 0.4) is 0 Å². The normalized spacial score (nSPS) is 22.3. The van der Waals surface area contributed by atoms with Gasteiger partial charge in [-0.25, -0.2) is 0 Å². The molecule has 0 unspecified atom stereocenters. The lowest BCUT2D eigenvalue weighted by Gasteiger charge is -2.37. The predicted octanol–water partition coefficient (Wildman–Crippen LogP) is 1.23. The Balaban J connectivity index is 1.98. The number of nitrogens with one attached hydrogen (secondary N) is 2. The molecule has 1 heterocycles. The van der Waals surface area contributed by atoms with Crippen molar-refractivity contribution < 1.29 is 9.53 Å². The largest absolute Gasteiger partial charge is 0.380 e. The van der Waals surface area contributed by atoms with E-state index >= 15 is 0 Å². The van der Waals surface area contributed by atoms with Gasteiger partial charge in [-0.15, -0.1) is 0 Å². The number of amides is 1. The highest BCUT2D eigenvalue weighted by Crippen LogP contribution is 2.38. The summed E-state index contributed by atoms with van der Waals surface area (Å²) >= 11 is 0. The first-order valence-corrected chi connectivity index (χ1v) is 8.72. The number of hydrogen-bond donors (Lipinski definition) is 2. The van der Waals surface area contributed by atoms with E-state index in [0.29, 0.717) is 6.54 Å². The van der Waals surface area contributed by atoms with Crippen molar-refractivity contribution in [1.29, 1.82) is 0 Å². The molecule has 0 bridgehead atoms. The second kappa shape index (κ2) is 7.51. The molecule has 2 aliphatic rings. The monoisotopic (exact) mass is 324 g/mol. The molecule has 0 aromatic heterocycles. The molecule has 6 nitrogen and oxygen atoms in total. The summed E-state index contributed by atoms with van der Waals surface area (Å²) in [6, 6.07) is 0. The summed E-state index contributed by atoms with van der Waals surface area (Å²) in [6.07, 6.45) is 4.18. The van der Waals surface area contributed by atoms with Crippen LogP contribution >= 0.6 is 0 Å². The standard InChI is InChI=1S/C17H32N4O2/c1-5-18-15(19-10-16(2)12-23-13-16)20-11-17(8-6-7-9-17)14(22)21(3)4/h5-13H2,1-4H3,(H2,18,19,20). The Morgan fingerprint density at radius 3 is 2.35 bits per heavy atom. The second-order valence-corrected chi connectivity index (χ2v) is 7.54. The van der Waals surface area contributed by atoms with Crippen molar-refractivity contribution in [3.8, 4) is 0 Å². The molecule has 1 aliphatic heterocycles. The van der Waals surface area contributed by atoms with Crippen LogP contribution in [0.25, 0.3) is 0 Å². The van der Waals surface area contributed by atoms with E-state index in [9.17, 15) is 4.79 Å². The zero-order chi connectivity index (χ0) is 16.9. The number of nitrogens with zero attached hydrogens (tertiary/aromatic N) is 2. The van der Waals surface area contributed by atoms with E-state index in [-0.39, 0.29) is 16.7 Å². The van der Waals surface area contributed by atoms with Crippen LogP contribution in [0, 0.1) is 10.8 Å². The average Bonchev–Trinajstić information content (AvgIpc) is 2.97. The molecule has 2 N–H and O–H groups in total. The first-order valence-electron chi connectivity index (χ1n) is 8.72. The van der Waals surface area contributed by atoms with Gasteiger partial charge < -0.3 is 20.3 Å². The van der Waals surface area contributed by atoms with Crippen LogP contribution in [0.5, 0.6) is 0 Å². The van der Waals surface area contributed by atoms with Crippen molar-refractivity contribution in [2.75, 3.05) is 46.9 Å². The van der Waals surface area contributed by atoms with Gasteiger partial charge in [0.2, 0.25) is 5.91 Å². The summed E-state index contributed by atoms with van der Waals surface area (Å²) in [7, 11) is 3.69. The summed E-state index contributed by atoms with van der Waals surface area (Å²) in [6.45, 7) is 8.02. The summed E-state index contributed by atoms with van der Waals surface area (Å²) in [5, 5.41) is 6.70. The van der Waals surface area contributed by atoms with Crippen LogP contribution in [0.1, 0.15) is 39.5 Å². The van der Waals surface area contributed by atoms with Crippen LogP contribution in [0.15, 0.2) is 4.99 Å². The third kappa shape index (κ3) is 4.37. The van der Waals surface area contributed by atoms with Gasteiger partial charge in [0, 0.05) is 32.6 Å². The quantitative estimate of drug-likeness (QED) is 0.570. The summed E-state index contributed by atoms with van der Waals surface area (Å²) in [4.78, 5) is 19.0. The van der Waals surface area contributed by atoms with Gasteiger partial charge in [0.25, 0.3) is 0 Å². The van der Waals surface area contributed by atoms with Crippen molar-refractivity contribution in [3.63, 3.8) is 0 Å². The number of rotatable bonds is 6. The molecule has 1 saturated heterocycles. The molecule has 6 heteroatoms. The molecule has 0 radical (unpaired) electrons. The number of guanidine groups is 1. The molecule has 0 aromatic rings. The number of carbonyl (C=O) groups excluding carboxylic acids is 1. The zero-order valence-corrected chi connectivity index (χ0v) is 15.1. The fourth-order valence-corrected chi connectivity index (χ4v) is 3.40. The number of carbonyl (C=O) groups is 1. The lowest BCUT2D eigenvalue weighted by molar-refractivity contribution is -0.138. The molecule has 23 heavy (non-hydrogen) atoms. The van der Waals surface area contributed by atoms with E-state index in [1.165, 1.54) is 0 Å². The van der Waals surface area contributed by atoms with Crippen LogP contribution in [-0.2, 0) is 9.53 Å². The van der Waals surface area contributed by atoms with Crippen LogP contribution in [0.4, 0.5) is 0 Å². The van der Waals surface area contributed by atoms with E-state index in [2.05, 4.69) is 24.5 Å². The molecular formula is C17H32N4O2. The molecule has 1 saturated carbocycles. The Morgan fingerprint density at radius 2 is 1.87 bits per heavy atom. The van der Waals surface area contributed by atoms with Crippen molar-refractivity contribution >= 4 is 11.9 Å². The van der Waals surface area contributed by atoms with Gasteiger partial charge in [0.05, 0.1) is 25.2 Å². The van der Waals surface area contributed by atoms with Crippen molar-refractivity contribution in [1.82, 2.24) is 15.5 Å². The summed E-state index contributed by atoms with van der Waals surface area (Å²) in [5.41, 5.74) is -0.115. The average molecular weight is 324 g/mol. The van der Waals surface area contributed by atoms with Gasteiger partial charge in [-0.1, -0.05) is 19.8 Å². The van der Waals surface area contributed by atoms with E-state index in [1.54, 1.807) is 4.90 Å². The molecule has 1 amide bonds. The van der Waals surface area contributed by atoms with Crippen molar-refractivity contribution in [3.05, 3.63) is 0 Å². The second-order valence-electron chi connectivity index (χ2n) is 7.54. The lowest BCUT2D eigenvalue weighted by Crippen LogP contribution is -2.50. The molecule has 0 spiro atoms. The number of aliphatic imine (C=N–C) groups is 1. The first kappa shape index (κ1) is 18.0. The Bertz CT molecular complexity index is 438. The third-order valence-electron chi connectivity index (χ3n) is 4.88. The van der Waals surface area contributed by atoms with Crippen molar-refractivity contribution in [2.24, 2.45) is 15.8 Å². The Labute approximate surface area is 140 Å². The molecule has 0 atom stereocenters. The van der Waals surface area contributed by atoms with E-state index in [0.717, 1.165) is 57.9 Å². The number of hydrogen-bond acceptors (Lipinski definition) is 3. The van der Waals surface area contributed by atoms with Crippen LogP contribution in [0.2, 0.25) is 0 Å². The highest BCUT2D eigenvalue weighted by molar-refractivity contribution is 5.85. The molecule has 2 fully saturated rings. The van der Waals surface area contributed by atoms with Gasteiger partial charge in [-0.2, -0.15) is 0 Å². The van der Waals surface area contributed by atoms with Gasteiger partial charge in [-0.05, 0) is 19.8 Å². The minimum absolute atomic E-state index is 0.160. The maximum atomic E-state index is 12.6. The molecular weight excluding hydrogens is 292 g/mol. The maximum absolute atomic E-state index is 12.6. The fourth-order valence-electron chi connectivity index (χ4n) is 3.40. The summed E-state index contributed by atoms with van der Waals surface area (Å²) in [5.74, 6) is 1.04. The Morgan fingerprint density at radius 1 is 1.22 bits per heavy atom. The topological polar surface area (TPSA) is 66.0 Å². The molecule has 132 valence electrons. The Hall–Kier alpha value is -1.30. The fraction of sp³-hybridized carbons (Fsp3) is 0.882. The maximum Gasteiger partial charge on any atom is 0.230 e. The van der Waals surface area contributed by atoms with E-state index < -0.39 is 0 Å². The molecule has 1 aliphatic carbocycles. The highest BCUT2D eigenvalue weighted by atomic mass is 16.5. The minimum Gasteiger partial charge on any atom is -0.380 e. The van der Waals surface area contributed by atoms with Crippen LogP contribution < -0.4 is 10.6 Å². The minimum atomic E-state index is -0.275. The van der Waals surface area contributed by atoms with Gasteiger partial charge in [0.1, 0.15) is 0 Å². The first-order chi connectivity index (χ1) is 10.9. The third-order valence-corrected chi connectivity index (χ3v) is 4.88. The van der Waals surface area contributed by atoms with Crippen molar-refractivity contribution in [2.45, 2.75) is 39.5 Å². The smallest absolute Gasteiger partial charge is 0.230 e. The summed E-state index contributed by atoms with van der Waals surface area (Å²) < 4.78 is 5.28. The van der Waals surface area contributed by atoms with Gasteiger partial charge >= 0.3 is 0 Å². The predicted molar refractivity (Wildman–Crippen MR) is 92.5 cm³/mol. The SMILES string of the molecule is CCNC(=NCC1(C)COC1)NCC1(C(=O)N(C)C)CCCC1. The lowest BCUT2D eigenvalue weighted by atomic mass is 9.84. The molecule has 0 aromatic carbocycles. The van der Waals surface area contributed by atoms with Gasteiger partial charge in [-0.3, -0.25) is 9.79 Å². The molecule has 2 rings (SSSR count). The number of ether oxygens (including phenoxy) is 1. The zero-order valence-electron chi connectivity index (χ0n) is 15.1. The van der Waals surface area contributed by atoms with E-state index in [4.69, 9.17) is 9.73 Å². The Kier molecular flexibility index (Phi) is 5.89.